The number of alkyl halides is 3. The third kappa shape index (κ3) is 6.23. The van der Waals surface area contributed by atoms with E-state index < -0.39 is 17.5 Å². The third-order valence-corrected chi connectivity index (χ3v) is 6.03. The predicted octanol–water partition coefficient (Wildman–Crippen LogP) is 4.56. The van der Waals surface area contributed by atoms with Crippen molar-refractivity contribution in [1.29, 1.82) is 0 Å². The smallest absolute Gasteiger partial charge is 0.353 e. The van der Waals surface area contributed by atoms with Crippen LogP contribution in [0.4, 0.5) is 13.2 Å². The zero-order chi connectivity index (χ0) is 22.5. The zero-order valence-electron chi connectivity index (χ0n) is 16.8. The molecule has 1 aliphatic carbocycles. The molecule has 3 rings (SSSR count). The van der Waals surface area contributed by atoms with Crippen LogP contribution in [0.3, 0.4) is 0 Å². The van der Waals surface area contributed by atoms with Gasteiger partial charge in [0.2, 0.25) is 5.91 Å². The first-order valence-electron chi connectivity index (χ1n) is 10.1. The van der Waals surface area contributed by atoms with Gasteiger partial charge in [-0.3, -0.25) is 9.59 Å². The van der Waals surface area contributed by atoms with Crippen LogP contribution in [0.15, 0.2) is 54.6 Å². The third-order valence-electron chi connectivity index (χ3n) is 5.80. The highest BCUT2D eigenvalue weighted by molar-refractivity contribution is 6.30. The molecule has 2 N–H and O–H groups in total. The summed E-state index contributed by atoms with van der Waals surface area (Å²) in [5, 5.41) is 5.55. The quantitative estimate of drug-likeness (QED) is 0.675. The van der Waals surface area contributed by atoms with Gasteiger partial charge in [-0.05, 0) is 48.9 Å². The van der Waals surface area contributed by atoms with E-state index in [0.29, 0.717) is 30.7 Å². The molecule has 2 amide bonds. The van der Waals surface area contributed by atoms with Gasteiger partial charge in [0.1, 0.15) is 0 Å². The van der Waals surface area contributed by atoms with E-state index in [1.807, 2.05) is 41.7 Å². The predicted molar refractivity (Wildman–Crippen MR) is 113 cm³/mol. The van der Waals surface area contributed by atoms with E-state index in [0.717, 1.165) is 11.1 Å². The first-order valence-corrected chi connectivity index (χ1v) is 10.5. The molecule has 0 radical (unpaired) electrons. The summed E-state index contributed by atoms with van der Waals surface area (Å²) >= 11 is 6.11. The second-order valence-corrected chi connectivity index (χ2v) is 8.41. The molecule has 1 aliphatic rings. The molecule has 0 aromatic heterocycles. The Morgan fingerprint density at radius 3 is 2.32 bits per heavy atom. The summed E-state index contributed by atoms with van der Waals surface area (Å²) in [6.45, 7) is -0.142. The Labute approximate surface area is 184 Å². The fourth-order valence-electron chi connectivity index (χ4n) is 4.11. The molecule has 2 aromatic carbocycles. The highest BCUT2D eigenvalue weighted by Crippen LogP contribution is 2.40. The lowest BCUT2D eigenvalue weighted by Gasteiger charge is -2.41. The van der Waals surface area contributed by atoms with Crippen LogP contribution in [-0.4, -0.2) is 30.6 Å². The van der Waals surface area contributed by atoms with Gasteiger partial charge in [0, 0.05) is 23.0 Å². The molecule has 8 heteroatoms. The lowest BCUT2D eigenvalue weighted by Crippen LogP contribution is -2.49. The molecule has 1 saturated carbocycles. The van der Waals surface area contributed by atoms with Crippen molar-refractivity contribution < 1.29 is 22.8 Å². The van der Waals surface area contributed by atoms with Crippen molar-refractivity contribution in [2.45, 2.75) is 49.7 Å². The van der Waals surface area contributed by atoms with Crippen LogP contribution in [0, 0.1) is 0 Å². The summed E-state index contributed by atoms with van der Waals surface area (Å²) in [7, 11) is 0. The summed E-state index contributed by atoms with van der Waals surface area (Å²) < 4.78 is 38.1. The molecule has 4 nitrogen and oxygen atoms in total. The maximum absolute atomic E-state index is 12.7. The number of hydrogen-bond donors (Lipinski definition) is 2. The Morgan fingerprint density at radius 2 is 1.71 bits per heavy atom. The number of rotatable bonds is 6. The Hall–Kier alpha value is -2.54. The van der Waals surface area contributed by atoms with E-state index in [1.165, 1.54) is 0 Å². The molecule has 166 valence electrons. The largest absolute Gasteiger partial charge is 0.471 e. The van der Waals surface area contributed by atoms with Gasteiger partial charge in [-0.15, -0.1) is 0 Å². The van der Waals surface area contributed by atoms with Gasteiger partial charge >= 0.3 is 12.1 Å². The molecule has 0 atom stereocenters. The molecular formula is C23H24ClF3N2O2. The number of hydrogen-bond acceptors (Lipinski definition) is 2. The van der Waals surface area contributed by atoms with Crippen LogP contribution in [-0.2, 0) is 21.4 Å². The number of carbonyl (C=O) groups excluding carboxylic acids is 2. The van der Waals surface area contributed by atoms with Gasteiger partial charge in [-0.1, -0.05) is 54.1 Å². The first-order chi connectivity index (χ1) is 14.7. The molecule has 0 unspecified atom stereocenters. The van der Waals surface area contributed by atoms with Crippen molar-refractivity contribution in [3.05, 3.63) is 70.7 Å². The van der Waals surface area contributed by atoms with E-state index in [-0.39, 0.29) is 24.9 Å². The number of benzene rings is 2. The van der Waals surface area contributed by atoms with Crippen molar-refractivity contribution in [1.82, 2.24) is 10.6 Å². The van der Waals surface area contributed by atoms with Gasteiger partial charge in [-0.25, -0.2) is 0 Å². The van der Waals surface area contributed by atoms with Crippen LogP contribution in [0.5, 0.6) is 0 Å². The molecular weight excluding hydrogens is 429 g/mol. The molecule has 0 heterocycles. The number of nitrogens with one attached hydrogen (secondary N) is 2. The SMILES string of the molecule is O=C(Cc1ccccc1)N[C@H]1CC[C@@](CNC(=O)C(F)(F)F)(c2cccc(Cl)c2)CC1. The molecule has 0 bridgehead atoms. The Balaban J connectivity index is 1.66. The van der Waals surface area contributed by atoms with Gasteiger partial charge in [0.05, 0.1) is 6.42 Å². The van der Waals surface area contributed by atoms with Crippen molar-refractivity contribution in [3.8, 4) is 0 Å². The lowest BCUT2D eigenvalue weighted by atomic mass is 9.68. The molecule has 2 aromatic rings. The highest BCUT2D eigenvalue weighted by atomic mass is 35.5. The van der Waals surface area contributed by atoms with Crippen molar-refractivity contribution >= 4 is 23.4 Å². The second kappa shape index (κ2) is 9.73. The Kier molecular flexibility index (Phi) is 7.26. The van der Waals surface area contributed by atoms with E-state index in [1.54, 1.807) is 18.2 Å². The van der Waals surface area contributed by atoms with Gasteiger partial charge in [-0.2, -0.15) is 13.2 Å². The summed E-state index contributed by atoms with van der Waals surface area (Å²) in [6, 6.07) is 16.3. The van der Waals surface area contributed by atoms with Crippen LogP contribution < -0.4 is 10.6 Å². The van der Waals surface area contributed by atoms with Crippen molar-refractivity contribution in [2.24, 2.45) is 0 Å². The molecule has 1 fully saturated rings. The maximum Gasteiger partial charge on any atom is 0.471 e. The van der Waals surface area contributed by atoms with Crippen molar-refractivity contribution in [3.63, 3.8) is 0 Å². The van der Waals surface area contributed by atoms with E-state index in [9.17, 15) is 22.8 Å². The molecule has 31 heavy (non-hydrogen) atoms. The van der Waals surface area contributed by atoms with Gasteiger partial charge in [0.15, 0.2) is 0 Å². The maximum atomic E-state index is 12.7. The van der Waals surface area contributed by atoms with Crippen molar-refractivity contribution in [2.75, 3.05) is 6.54 Å². The van der Waals surface area contributed by atoms with Gasteiger partial charge in [0.25, 0.3) is 0 Å². The molecule has 0 spiro atoms. The first kappa shape index (κ1) is 23.1. The monoisotopic (exact) mass is 452 g/mol. The fraction of sp³-hybridized carbons (Fsp3) is 0.391. The number of amides is 2. The average Bonchev–Trinajstić information content (AvgIpc) is 2.73. The summed E-state index contributed by atoms with van der Waals surface area (Å²) in [5.74, 6) is -2.04. The average molecular weight is 453 g/mol. The number of carbonyl (C=O) groups is 2. The standard InChI is InChI=1S/C23H24ClF3N2O2/c24-18-8-4-7-17(14-18)22(15-28-21(31)23(25,26)27)11-9-19(10-12-22)29-20(30)13-16-5-2-1-3-6-16/h1-8,14,19H,9-13,15H2,(H,28,31)(H,29,30)/t19-,22+. The lowest BCUT2D eigenvalue weighted by molar-refractivity contribution is -0.173. The van der Waals surface area contributed by atoms with Gasteiger partial charge < -0.3 is 10.6 Å². The summed E-state index contributed by atoms with van der Waals surface area (Å²) in [5.41, 5.74) is 1.03. The minimum absolute atomic E-state index is 0.0677. The Bertz CT molecular complexity index is 911. The topological polar surface area (TPSA) is 58.2 Å². The van der Waals surface area contributed by atoms with Crippen LogP contribution >= 0.6 is 11.6 Å². The van der Waals surface area contributed by atoms with Crippen LogP contribution in [0.1, 0.15) is 36.8 Å². The summed E-state index contributed by atoms with van der Waals surface area (Å²) in [6.07, 6.45) is -2.44. The van der Waals surface area contributed by atoms with E-state index in [4.69, 9.17) is 11.6 Å². The normalized spacial score (nSPS) is 21.4. The Morgan fingerprint density at radius 1 is 1.03 bits per heavy atom. The van der Waals surface area contributed by atoms with Crippen LogP contribution in [0.25, 0.3) is 0 Å². The summed E-state index contributed by atoms with van der Waals surface area (Å²) in [4.78, 5) is 23.8. The minimum Gasteiger partial charge on any atom is -0.353 e. The zero-order valence-corrected chi connectivity index (χ0v) is 17.6. The molecule has 0 aliphatic heterocycles. The van der Waals surface area contributed by atoms with Crippen LogP contribution in [0.2, 0.25) is 5.02 Å². The minimum atomic E-state index is -4.93. The molecule has 0 saturated heterocycles. The second-order valence-electron chi connectivity index (χ2n) is 7.98. The van der Waals surface area contributed by atoms with E-state index in [2.05, 4.69) is 5.32 Å². The number of halogens is 4. The fourth-order valence-corrected chi connectivity index (χ4v) is 4.30. The van der Waals surface area contributed by atoms with E-state index >= 15 is 0 Å². The highest BCUT2D eigenvalue weighted by Gasteiger charge is 2.42.